The van der Waals surface area contributed by atoms with Crippen LogP contribution >= 0.6 is 11.6 Å². The van der Waals surface area contributed by atoms with E-state index in [1.54, 1.807) is 12.1 Å². The third-order valence-electron chi connectivity index (χ3n) is 3.86. The largest absolute Gasteiger partial charge is 0.372 e. The van der Waals surface area contributed by atoms with Gasteiger partial charge in [0.1, 0.15) is 11.5 Å². The quantitative estimate of drug-likeness (QED) is 0.887. The summed E-state index contributed by atoms with van der Waals surface area (Å²) in [6.07, 6.45) is 1.61. The first kappa shape index (κ1) is 16.8. The molecule has 1 amide bonds. The zero-order valence-electron chi connectivity index (χ0n) is 13.5. The molecule has 1 aliphatic rings. The number of nitrogens with one attached hydrogen (secondary N) is 2. The summed E-state index contributed by atoms with van der Waals surface area (Å²) in [5.41, 5.74) is 1.22. The van der Waals surface area contributed by atoms with E-state index in [0.717, 1.165) is 0 Å². The number of halogens is 2. The number of ether oxygens (including phenoxy) is 1. The van der Waals surface area contributed by atoms with E-state index in [4.69, 9.17) is 16.3 Å². The van der Waals surface area contributed by atoms with Crippen LogP contribution in [0.1, 0.15) is 24.3 Å². The predicted molar refractivity (Wildman–Crippen MR) is 92.4 cm³/mol. The van der Waals surface area contributed by atoms with Crippen LogP contribution in [0, 0.1) is 5.82 Å². The number of aromatic nitrogens is 1. The second-order valence-electron chi connectivity index (χ2n) is 6.01. The monoisotopic (exact) mass is 351 g/mol. The highest BCUT2D eigenvalue weighted by Crippen LogP contribution is 2.26. The molecule has 0 spiro atoms. The highest BCUT2D eigenvalue weighted by Gasteiger charge is 2.24. The summed E-state index contributed by atoms with van der Waals surface area (Å²) in [4.78, 5) is 16.8. The fourth-order valence-corrected chi connectivity index (χ4v) is 3.08. The van der Waals surface area contributed by atoms with Crippen molar-refractivity contribution in [3.05, 3.63) is 47.0 Å². The number of carbonyl (C=O) groups excluding carboxylic acids is 1. The predicted octanol–water partition coefficient (Wildman–Crippen LogP) is 3.67. The summed E-state index contributed by atoms with van der Waals surface area (Å²) in [6, 6.07) is 6.20. The van der Waals surface area contributed by atoms with E-state index in [2.05, 4.69) is 10.3 Å². The SMILES string of the molecule is C[C@H]1CN(c2ccc(NC(=O)c3cc(Cl)c[nH]3)cc2F)C[C@H](C)O1. The van der Waals surface area contributed by atoms with Crippen LogP contribution < -0.4 is 10.2 Å². The van der Waals surface area contributed by atoms with E-state index in [-0.39, 0.29) is 23.9 Å². The molecule has 2 heterocycles. The topological polar surface area (TPSA) is 57.4 Å². The fraction of sp³-hybridized carbons (Fsp3) is 0.353. The third kappa shape index (κ3) is 3.71. The Hall–Kier alpha value is -2.05. The number of aromatic amines is 1. The molecule has 128 valence electrons. The van der Waals surface area contributed by atoms with Crippen LogP contribution in [-0.2, 0) is 4.74 Å². The van der Waals surface area contributed by atoms with Gasteiger partial charge in [-0.05, 0) is 38.1 Å². The normalized spacial score (nSPS) is 20.9. The Morgan fingerprint density at radius 2 is 2.04 bits per heavy atom. The molecule has 2 aromatic rings. The summed E-state index contributed by atoms with van der Waals surface area (Å²) >= 11 is 5.78. The van der Waals surface area contributed by atoms with Crippen molar-refractivity contribution in [1.82, 2.24) is 4.98 Å². The van der Waals surface area contributed by atoms with Gasteiger partial charge in [-0.1, -0.05) is 11.6 Å². The number of hydrogen-bond acceptors (Lipinski definition) is 3. The highest BCUT2D eigenvalue weighted by atomic mass is 35.5. The second kappa shape index (κ2) is 6.83. The Bertz CT molecular complexity index is 739. The van der Waals surface area contributed by atoms with Gasteiger partial charge in [0.2, 0.25) is 0 Å². The lowest BCUT2D eigenvalue weighted by Crippen LogP contribution is -2.45. The van der Waals surface area contributed by atoms with Gasteiger partial charge in [0.05, 0.1) is 22.9 Å². The van der Waals surface area contributed by atoms with Gasteiger partial charge in [0.15, 0.2) is 0 Å². The van der Waals surface area contributed by atoms with Crippen LogP contribution in [0.25, 0.3) is 0 Å². The maximum absolute atomic E-state index is 14.5. The molecule has 1 fully saturated rings. The Morgan fingerprint density at radius 3 is 2.62 bits per heavy atom. The van der Waals surface area contributed by atoms with Gasteiger partial charge < -0.3 is 19.9 Å². The average Bonchev–Trinajstić information content (AvgIpc) is 2.93. The summed E-state index contributed by atoms with van der Waals surface area (Å²) in [5.74, 6) is -0.749. The molecule has 0 bridgehead atoms. The molecule has 5 nitrogen and oxygen atoms in total. The minimum atomic E-state index is -0.376. The van der Waals surface area contributed by atoms with Gasteiger partial charge in [-0.15, -0.1) is 0 Å². The number of anilines is 2. The van der Waals surface area contributed by atoms with E-state index in [1.165, 1.54) is 18.3 Å². The lowest BCUT2D eigenvalue weighted by atomic mass is 10.2. The Balaban J connectivity index is 1.74. The molecule has 3 rings (SSSR count). The summed E-state index contributed by atoms with van der Waals surface area (Å²) in [7, 11) is 0. The third-order valence-corrected chi connectivity index (χ3v) is 4.08. The maximum Gasteiger partial charge on any atom is 0.272 e. The summed E-state index contributed by atoms with van der Waals surface area (Å²) < 4.78 is 20.2. The standard InChI is InChI=1S/C17H19ClFN3O2/c1-10-8-22(9-11(2)24-10)16-4-3-13(6-14(16)19)21-17(23)15-5-12(18)7-20-15/h3-7,10-11,20H,8-9H2,1-2H3,(H,21,23)/t10-,11-/m0/s1. The number of carbonyl (C=O) groups is 1. The van der Waals surface area contributed by atoms with Gasteiger partial charge in [0.25, 0.3) is 5.91 Å². The highest BCUT2D eigenvalue weighted by molar-refractivity contribution is 6.31. The molecule has 1 aliphatic heterocycles. The number of benzene rings is 1. The van der Waals surface area contributed by atoms with E-state index >= 15 is 0 Å². The summed E-state index contributed by atoms with van der Waals surface area (Å²) in [5, 5.41) is 3.09. The lowest BCUT2D eigenvalue weighted by Gasteiger charge is -2.37. The zero-order chi connectivity index (χ0) is 17.3. The van der Waals surface area contributed by atoms with Crippen molar-refractivity contribution in [2.75, 3.05) is 23.3 Å². The van der Waals surface area contributed by atoms with Crippen LogP contribution in [-0.4, -0.2) is 36.2 Å². The van der Waals surface area contributed by atoms with Gasteiger partial charge in [-0.3, -0.25) is 4.79 Å². The summed E-state index contributed by atoms with van der Waals surface area (Å²) in [6.45, 7) is 5.20. The molecule has 0 aliphatic carbocycles. The number of H-pyrrole nitrogens is 1. The van der Waals surface area contributed by atoms with Crippen molar-refractivity contribution < 1.29 is 13.9 Å². The van der Waals surface area contributed by atoms with Crippen molar-refractivity contribution in [3.8, 4) is 0 Å². The number of amides is 1. The van der Waals surface area contributed by atoms with Crippen molar-refractivity contribution in [2.45, 2.75) is 26.1 Å². The molecular weight excluding hydrogens is 333 g/mol. The fourth-order valence-electron chi connectivity index (χ4n) is 2.91. The molecular formula is C17H19ClFN3O2. The van der Waals surface area contributed by atoms with Gasteiger partial charge >= 0.3 is 0 Å². The molecule has 2 atom stereocenters. The van der Waals surface area contributed by atoms with Crippen LogP contribution in [0.2, 0.25) is 5.02 Å². The molecule has 0 radical (unpaired) electrons. The molecule has 24 heavy (non-hydrogen) atoms. The Kier molecular flexibility index (Phi) is 4.78. The van der Waals surface area contributed by atoms with Crippen LogP contribution in [0.3, 0.4) is 0 Å². The first-order chi connectivity index (χ1) is 11.4. The lowest BCUT2D eigenvalue weighted by molar-refractivity contribution is -0.00539. The van der Waals surface area contributed by atoms with Crippen LogP contribution in [0.5, 0.6) is 0 Å². The molecule has 2 N–H and O–H groups in total. The van der Waals surface area contributed by atoms with Crippen molar-refractivity contribution in [1.29, 1.82) is 0 Å². The first-order valence-electron chi connectivity index (χ1n) is 7.77. The molecule has 1 aromatic heterocycles. The average molecular weight is 352 g/mol. The number of morpholine rings is 1. The first-order valence-corrected chi connectivity index (χ1v) is 8.15. The van der Waals surface area contributed by atoms with Crippen LogP contribution in [0.4, 0.5) is 15.8 Å². The van der Waals surface area contributed by atoms with E-state index in [0.29, 0.717) is 35.2 Å². The number of hydrogen-bond donors (Lipinski definition) is 2. The van der Waals surface area contributed by atoms with E-state index < -0.39 is 0 Å². The smallest absolute Gasteiger partial charge is 0.272 e. The molecule has 0 saturated carbocycles. The minimum absolute atomic E-state index is 0.0464. The second-order valence-corrected chi connectivity index (χ2v) is 6.45. The van der Waals surface area contributed by atoms with Gasteiger partial charge in [0, 0.05) is 25.0 Å². The Morgan fingerprint density at radius 1 is 1.33 bits per heavy atom. The van der Waals surface area contributed by atoms with E-state index in [1.807, 2.05) is 18.7 Å². The Labute approximate surface area is 144 Å². The minimum Gasteiger partial charge on any atom is -0.372 e. The molecule has 7 heteroatoms. The van der Waals surface area contributed by atoms with E-state index in [9.17, 15) is 9.18 Å². The molecule has 1 aromatic carbocycles. The number of nitrogens with zero attached hydrogens (tertiary/aromatic N) is 1. The van der Waals surface area contributed by atoms with Crippen molar-refractivity contribution >= 4 is 28.9 Å². The maximum atomic E-state index is 14.5. The molecule has 1 saturated heterocycles. The van der Waals surface area contributed by atoms with Crippen molar-refractivity contribution in [2.24, 2.45) is 0 Å². The van der Waals surface area contributed by atoms with Gasteiger partial charge in [-0.2, -0.15) is 0 Å². The van der Waals surface area contributed by atoms with Crippen molar-refractivity contribution in [3.63, 3.8) is 0 Å². The van der Waals surface area contributed by atoms with Gasteiger partial charge in [-0.25, -0.2) is 4.39 Å². The number of rotatable bonds is 3. The molecule has 0 unspecified atom stereocenters. The van der Waals surface area contributed by atoms with Crippen LogP contribution in [0.15, 0.2) is 30.5 Å². The zero-order valence-corrected chi connectivity index (χ0v) is 14.2.